The molecule has 1 heterocycles. The maximum absolute atomic E-state index is 12.8. The molecule has 0 radical (unpaired) electrons. The first-order chi connectivity index (χ1) is 13.4. The lowest BCUT2D eigenvalue weighted by Crippen LogP contribution is -2.04. The SMILES string of the molecule is CC1=C(CCc2nn[nH]n2)c2ccccc2/C1=C\c1ccc(C(F)(F)F)cc1. The molecule has 1 aromatic heterocycles. The largest absolute Gasteiger partial charge is 0.416 e. The molecule has 28 heavy (non-hydrogen) atoms. The Morgan fingerprint density at radius 1 is 0.964 bits per heavy atom. The standard InChI is InChI=1S/C21H17F3N4/c1-13-16(10-11-20-25-27-28-26-20)17-4-2-3-5-18(17)19(13)12-14-6-8-15(9-7-14)21(22,23)24/h2-9,12H,10-11H2,1H3,(H,25,26,27,28)/b19-12-. The number of tetrazole rings is 1. The molecule has 4 nitrogen and oxygen atoms in total. The van der Waals surface area contributed by atoms with Crippen LogP contribution in [0.4, 0.5) is 13.2 Å². The predicted octanol–water partition coefficient (Wildman–Crippen LogP) is 5.18. The first-order valence-electron chi connectivity index (χ1n) is 8.84. The summed E-state index contributed by atoms with van der Waals surface area (Å²) in [4.78, 5) is 0. The number of allylic oxidation sites excluding steroid dienone is 3. The Morgan fingerprint density at radius 2 is 1.68 bits per heavy atom. The molecule has 0 saturated heterocycles. The fourth-order valence-electron chi connectivity index (χ4n) is 3.52. The van der Waals surface area contributed by atoms with E-state index >= 15 is 0 Å². The minimum Gasteiger partial charge on any atom is -0.177 e. The fourth-order valence-corrected chi connectivity index (χ4v) is 3.52. The Labute approximate surface area is 159 Å². The highest BCUT2D eigenvalue weighted by Crippen LogP contribution is 2.43. The van der Waals surface area contributed by atoms with Gasteiger partial charge in [-0.25, -0.2) is 0 Å². The number of nitrogens with one attached hydrogen (secondary N) is 1. The summed E-state index contributed by atoms with van der Waals surface area (Å²) in [6.07, 6.45) is -0.975. The summed E-state index contributed by atoms with van der Waals surface area (Å²) in [6.45, 7) is 2.04. The van der Waals surface area contributed by atoms with Crippen LogP contribution in [0.3, 0.4) is 0 Å². The molecular formula is C21H17F3N4. The number of halogens is 3. The Hall–Kier alpha value is -3.22. The van der Waals surface area contributed by atoms with Gasteiger partial charge < -0.3 is 0 Å². The highest BCUT2D eigenvalue weighted by atomic mass is 19.4. The van der Waals surface area contributed by atoms with Gasteiger partial charge in [-0.3, -0.25) is 0 Å². The second-order valence-corrected chi connectivity index (χ2v) is 6.65. The number of aromatic amines is 1. The second kappa shape index (κ2) is 7.07. The molecule has 0 spiro atoms. The van der Waals surface area contributed by atoms with Crippen LogP contribution < -0.4 is 0 Å². The number of nitrogens with zero attached hydrogens (tertiary/aromatic N) is 3. The maximum atomic E-state index is 12.8. The molecular weight excluding hydrogens is 365 g/mol. The number of benzene rings is 2. The number of aryl methyl sites for hydroxylation is 1. The molecule has 0 aliphatic heterocycles. The zero-order valence-corrected chi connectivity index (χ0v) is 15.1. The van der Waals surface area contributed by atoms with Crippen molar-refractivity contribution < 1.29 is 13.2 Å². The lowest BCUT2D eigenvalue weighted by molar-refractivity contribution is -0.137. The topological polar surface area (TPSA) is 54.5 Å². The third-order valence-electron chi connectivity index (χ3n) is 4.94. The van der Waals surface area contributed by atoms with E-state index in [2.05, 4.69) is 26.7 Å². The summed E-state index contributed by atoms with van der Waals surface area (Å²) >= 11 is 0. The summed E-state index contributed by atoms with van der Waals surface area (Å²) in [7, 11) is 0. The van der Waals surface area contributed by atoms with Gasteiger partial charge in [-0.05, 0) is 65.0 Å². The van der Waals surface area contributed by atoms with E-state index < -0.39 is 11.7 Å². The van der Waals surface area contributed by atoms with Crippen molar-refractivity contribution in [2.45, 2.75) is 25.9 Å². The zero-order valence-electron chi connectivity index (χ0n) is 15.1. The summed E-state index contributed by atoms with van der Waals surface area (Å²) < 4.78 is 38.4. The Kier molecular flexibility index (Phi) is 4.58. The van der Waals surface area contributed by atoms with Crippen molar-refractivity contribution >= 4 is 17.2 Å². The maximum Gasteiger partial charge on any atom is 0.416 e. The van der Waals surface area contributed by atoms with Crippen LogP contribution in [0, 0.1) is 0 Å². The van der Waals surface area contributed by atoms with Gasteiger partial charge in [0.2, 0.25) is 0 Å². The van der Waals surface area contributed by atoms with E-state index in [1.807, 2.05) is 31.2 Å². The summed E-state index contributed by atoms with van der Waals surface area (Å²) in [5, 5.41) is 14.0. The van der Waals surface area contributed by atoms with Crippen molar-refractivity contribution in [3.63, 3.8) is 0 Å². The minimum atomic E-state index is -4.33. The van der Waals surface area contributed by atoms with Gasteiger partial charge in [0.1, 0.15) is 0 Å². The molecule has 2 aromatic carbocycles. The second-order valence-electron chi connectivity index (χ2n) is 6.65. The molecule has 1 aliphatic carbocycles. The predicted molar refractivity (Wildman–Crippen MR) is 101 cm³/mol. The number of hydrogen-bond acceptors (Lipinski definition) is 3. The van der Waals surface area contributed by atoms with Gasteiger partial charge in [0, 0.05) is 6.42 Å². The molecule has 142 valence electrons. The van der Waals surface area contributed by atoms with Gasteiger partial charge in [-0.1, -0.05) is 41.6 Å². The van der Waals surface area contributed by atoms with Crippen molar-refractivity contribution in [3.05, 3.63) is 82.2 Å². The number of alkyl halides is 3. The average Bonchev–Trinajstić information content (AvgIpc) is 3.28. The number of fused-ring (bicyclic) bond motifs is 1. The van der Waals surface area contributed by atoms with Gasteiger partial charge in [0.05, 0.1) is 5.56 Å². The molecule has 0 bridgehead atoms. The number of H-pyrrole nitrogens is 1. The van der Waals surface area contributed by atoms with E-state index in [0.717, 1.165) is 46.4 Å². The third kappa shape index (κ3) is 3.47. The first kappa shape index (κ1) is 18.2. The molecule has 3 aromatic rings. The van der Waals surface area contributed by atoms with Gasteiger partial charge in [0.25, 0.3) is 0 Å². The van der Waals surface area contributed by atoms with Crippen molar-refractivity contribution in [1.29, 1.82) is 0 Å². The van der Waals surface area contributed by atoms with Gasteiger partial charge in [-0.15, -0.1) is 10.2 Å². The number of rotatable bonds is 4. The van der Waals surface area contributed by atoms with Crippen molar-refractivity contribution in [2.24, 2.45) is 0 Å². The lowest BCUT2D eigenvalue weighted by atomic mass is 10.00. The van der Waals surface area contributed by atoms with Crippen LogP contribution in [0.2, 0.25) is 0 Å². The van der Waals surface area contributed by atoms with Crippen LogP contribution in [-0.2, 0) is 12.6 Å². The third-order valence-corrected chi connectivity index (χ3v) is 4.94. The van der Waals surface area contributed by atoms with E-state index in [0.29, 0.717) is 12.2 Å². The van der Waals surface area contributed by atoms with Crippen LogP contribution in [0.5, 0.6) is 0 Å². The van der Waals surface area contributed by atoms with E-state index in [1.54, 1.807) is 0 Å². The molecule has 1 aliphatic rings. The Balaban J connectivity index is 1.68. The van der Waals surface area contributed by atoms with Crippen LogP contribution in [-0.4, -0.2) is 20.6 Å². The minimum absolute atomic E-state index is 0.644. The van der Waals surface area contributed by atoms with Crippen LogP contribution in [0.25, 0.3) is 17.2 Å². The summed E-state index contributed by atoms with van der Waals surface area (Å²) in [6, 6.07) is 13.3. The van der Waals surface area contributed by atoms with Gasteiger partial charge in [-0.2, -0.15) is 18.4 Å². The van der Waals surface area contributed by atoms with Crippen molar-refractivity contribution in [2.75, 3.05) is 0 Å². The van der Waals surface area contributed by atoms with Gasteiger partial charge in [0.15, 0.2) is 5.82 Å². The molecule has 1 N–H and O–H groups in total. The number of aromatic nitrogens is 4. The van der Waals surface area contributed by atoms with E-state index in [4.69, 9.17) is 0 Å². The quantitative estimate of drug-likeness (QED) is 0.677. The first-order valence-corrected chi connectivity index (χ1v) is 8.84. The van der Waals surface area contributed by atoms with Crippen molar-refractivity contribution in [3.8, 4) is 0 Å². The van der Waals surface area contributed by atoms with Crippen LogP contribution >= 0.6 is 0 Å². The molecule has 0 fully saturated rings. The molecule has 0 amide bonds. The Morgan fingerprint density at radius 3 is 2.32 bits per heavy atom. The molecule has 0 atom stereocenters. The molecule has 0 unspecified atom stereocenters. The van der Waals surface area contributed by atoms with E-state index in [9.17, 15) is 13.2 Å². The van der Waals surface area contributed by atoms with Gasteiger partial charge >= 0.3 is 6.18 Å². The average molecular weight is 382 g/mol. The zero-order chi connectivity index (χ0) is 19.7. The smallest absolute Gasteiger partial charge is 0.177 e. The number of hydrogen-bond donors (Lipinski definition) is 1. The normalized spacial score (nSPS) is 15.4. The highest BCUT2D eigenvalue weighted by Gasteiger charge is 2.30. The summed E-state index contributed by atoms with van der Waals surface area (Å²) in [5.41, 5.74) is 5.65. The highest BCUT2D eigenvalue weighted by molar-refractivity contribution is 6.05. The van der Waals surface area contributed by atoms with Crippen LogP contribution in [0.1, 0.15) is 41.4 Å². The molecule has 7 heteroatoms. The van der Waals surface area contributed by atoms with Crippen molar-refractivity contribution in [1.82, 2.24) is 20.6 Å². The van der Waals surface area contributed by atoms with Crippen LogP contribution in [0.15, 0.2) is 54.1 Å². The van der Waals surface area contributed by atoms with E-state index in [-0.39, 0.29) is 0 Å². The van der Waals surface area contributed by atoms with E-state index in [1.165, 1.54) is 17.7 Å². The summed E-state index contributed by atoms with van der Waals surface area (Å²) in [5.74, 6) is 0.651. The molecule has 4 rings (SSSR count). The Bertz CT molecular complexity index is 1050. The monoisotopic (exact) mass is 382 g/mol. The fraction of sp³-hybridized carbons (Fsp3) is 0.190. The lowest BCUT2D eigenvalue weighted by Gasteiger charge is -2.07. The molecule has 0 saturated carbocycles.